The Balaban J connectivity index is 2.52. The summed E-state index contributed by atoms with van der Waals surface area (Å²) in [5.74, 6) is 1.99. The van der Waals surface area contributed by atoms with Crippen LogP contribution in [0.25, 0.3) is 0 Å². The van der Waals surface area contributed by atoms with Gasteiger partial charge >= 0.3 is 0 Å². The molecule has 0 heterocycles. The summed E-state index contributed by atoms with van der Waals surface area (Å²) in [4.78, 5) is 0. The number of hydrogen-bond donors (Lipinski definition) is 0. The fourth-order valence-electron chi connectivity index (χ4n) is 3.48. The lowest BCUT2D eigenvalue weighted by molar-refractivity contribution is -0.0701. The Labute approximate surface area is 174 Å². The third-order valence-corrected chi connectivity index (χ3v) is 5.24. The van der Waals surface area contributed by atoms with Crippen LogP contribution >= 0.6 is 0 Å². The van der Waals surface area contributed by atoms with Crippen LogP contribution in [0.2, 0.25) is 0 Å². The SMILES string of the molecule is CCCCCC(C)CCOC(C)Oc1ccc(C(C=C(C)C)C(C)(C)C)cc1. The van der Waals surface area contributed by atoms with E-state index in [1.807, 2.05) is 6.92 Å². The quantitative estimate of drug-likeness (QED) is 0.204. The molecule has 3 atom stereocenters. The maximum atomic E-state index is 5.96. The minimum absolute atomic E-state index is 0.184. The summed E-state index contributed by atoms with van der Waals surface area (Å²) >= 11 is 0. The molecule has 0 fully saturated rings. The first-order valence-corrected chi connectivity index (χ1v) is 11.2. The minimum Gasteiger partial charge on any atom is -0.465 e. The van der Waals surface area contributed by atoms with Gasteiger partial charge in [-0.15, -0.1) is 0 Å². The zero-order chi connectivity index (χ0) is 21.2. The standard InChI is InChI=1S/C26H44O2/c1-9-10-11-12-21(4)17-18-27-22(5)28-24-15-13-23(14-16-24)25(19-20(2)3)26(6,7)8/h13-16,19,21-22,25H,9-12,17-18H2,1-8H3. The molecule has 0 amide bonds. The number of benzene rings is 1. The van der Waals surface area contributed by atoms with E-state index >= 15 is 0 Å². The largest absolute Gasteiger partial charge is 0.465 e. The van der Waals surface area contributed by atoms with Crippen molar-refractivity contribution in [2.45, 2.75) is 99.7 Å². The van der Waals surface area contributed by atoms with Crippen molar-refractivity contribution in [3.63, 3.8) is 0 Å². The van der Waals surface area contributed by atoms with Crippen molar-refractivity contribution >= 4 is 0 Å². The van der Waals surface area contributed by atoms with Crippen LogP contribution in [0, 0.1) is 11.3 Å². The number of unbranched alkanes of at least 4 members (excludes halogenated alkanes) is 2. The molecule has 3 unspecified atom stereocenters. The first kappa shape index (κ1) is 24.8. The van der Waals surface area contributed by atoms with Gasteiger partial charge in [0.05, 0.1) is 6.61 Å². The molecule has 0 aliphatic heterocycles. The third-order valence-electron chi connectivity index (χ3n) is 5.24. The molecule has 0 saturated heterocycles. The average molecular weight is 389 g/mol. The van der Waals surface area contributed by atoms with Crippen molar-refractivity contribution < 1.29 is 9.47 Å². The van der Waals surface area contributed by atoms with Crippen molar-refractivity contribution in [2.24, 2.45) is 11.3 Å². The Hall–Kier alpha value is -1.28. The van der Waals surface area contributed by atoms with Gasteiger partial charge in [-0.3, -0.25) is 0 Å². The first-order valence-electron chi connectivity index (χ1n) is 11.2. The van der Waals surface area contributed by atoms with Gasteiger partial charge in [0, 0.05) is 5.92 Å². The summed E-state index contributed by atoms with van der Waals surface area (Å²) in [5, 5.41) is 0. The molecule has 0 radical (unpaired) electrons. The first-order chi connectivity index (χ1) is 13.1. The van der Waals surface area contributed by atoms with E-state index in [4.69, 9.17) is 9.47 Å². The van der Waals surface area contributed by atoms with Crippen LogP contribution in [-0.4, -0.2) is 12.9 Å². The van der Waals surface area contributed by atoms with E-state index in [1.165, 1.54) is 36.8 Å². The predicted octanol–water partition coefficient (Wildman–Crippen LogP) is 8.13. The number of ether oxygens (including phenoxy) is 2. The molecular formula is C26H44O2. The van der Waals surface area contributed by atoms with Crippen molar-refractivity contribution in [3.8, 4) is 5.75 Å². The molecule has 0 spiro atoms. The van der Waals surface area contributed by atoms with E-state index < -0.39 is 0 Å². The summed E-state index contributed by atoms with van der Waals surface area (Å²) in [7, 11) is 0. The predicted molar refractivity (Wildman–Crippen MR) is 122 cm³/mol. The van der Waals surface area contributed by atoms with Crippen LogP contribution in [0.1, 0.15) is 99.0 Å². The number of hydrogen-bond acceptors (Lipinski definition) is 2. The van der Waals surface area contributed by atoms with E-state index in [9.17, 15) is 0 Å². The van der Waals surface area contributed by atoms with Crippen molar-refractivity contribution in [1.29, 1.82) is 0 Å². The highest BCUT2D eigenvalue weighted by Gasteiger charge is 2.24. The molecule has 2 heteroatoms. The van der Waals surface area contributed by atoms with Gasteiger partial charge in [0.2, 0.25) is 0 Å². The summed E-state index contributed by atoms with van der Waals surface area (Å²) in [6.07, 6.45) is 8.51. The Kier molecular flexibility index (Phi) is 10.9. The van der Waals surface area contributed by atoms with Gasteiger partial charge in [-0.05, 0) is 56.2 Å². The van der Waals surface area contributed by atoms with Crippen LogP contribution in [0.5, 0.6) is 5.75 Å². The van der Waals surface area contributed by atoms with Crippen LogP contribution < -0.4 is 4.74 Å². The van der Waals surface area contributed by atoms with Crippen molar-refractivity contribution in [3.05, 3.63) is 41.5 Å². The summed E-state index contributed by atoms with van der Waals surface area (Å²) < 4.78 is 11.8. The molecular weight excluding hydrogens is 344 g/mol. The summed E-state index contributed by atoms with van der Waals surface area (Å²) in [6.45, 7) is 18.5. The molecule has 0 bridgehead atoms. The van der Waals surface area contributed by atoms with Crippen LogP contribution in [0.3, 0.4) is 0 Å². The second-order valence-corrected chi connectivity index (χ2v) is 9.60. The highest BCUT2D eigenvalue weighted by Crippen LogP contribution is 2.37. The van der Waals surface area contributed by atoms with Gasteiger partial charge in [-0.2, -0.15) is 0 Å². The molecule has 0 aliphatic rings. The second kappa shape index (κ2) is 12.3. The van der Waals surface area contributed by atoms with Gasteiger partial charge in [-0.1, -0.05) is 84.1 Å². The minimum atomic E-state index is -0.218. The summed E-state index contributed by atoms with van der Waals surface area (Å²) in [5.41, 5.74) is 2.87. The monoisotopic (exact) mass is 388 g/mol. The van der Waals surface area contributed by atoms with Crippen molar-refractivity contribution in [2.75, 3.05) is 6.61 Å². The molecule has 28 heavy (non-hydrogen) atoms. The highest BCUT2D eigenvalue weighted by atomic mass is 16.7. The maximum absolute atomic E-state index is 5.96. The Morgan fingerprint density at radius 2 is 1.64 bits per heavy atom. The molecule has 0 aromatic heterocycles. The lowest BCUT2D eigenvalue weighted by atomic mass is 9.76. The van der Waals surface area contributed by atoms with E-state index in [0.717, 1.165) is 24.7 Å². The van der Waals surface area contributed by atoms with E-state index in [1.54, 1.807) is 0 Å². The van der Waals surface area contributed by atoms with E-state index in [2.05, 4.69) is 78.8 Å². The second-order valence-electron chi connectivity index (χ2n) is 9.60. The van der Waals surface area contributed by atoms with Crippen molar-refractivity contribution in [1.82, 2.24) is 0 Å². The molecule has 160 valence electrons. The topological polar surface area (TPSA) is 18.5 Å². The summed E-state index contributed by atoms with van der Waals surface area (Å²) in [6, 6.07) is 8.51. The number of allylic oxidation sites excluding steroid dienone is 2. The van der Waals surface area contributed by atoms with E-state index in [-0.39, 0.29) is 11.7 Å². The number of rotatable bonds is 12. The molecule has 1 rings (SSSR count). The molecule has 1 aromatic carbocycles. The zero-order valence-corrected chi connectivity index (χ0v) is 19.7. The van der Waals surface area contributed by atoms with Crippen LogP contribution in [-0.2, 0) is 4.74 Å². The third kappa shape index (κ3) is 9.78. The average Bonchev–Trinajstić information content (AvgIpc) is 2.60. The lowest BCUT2D eigenvalue weighted by Gasteiger charge is -2.29. The highest BCUT2D eigenvalue weighted by molar-refractivity contribution is 5.33. The Bertz CT molecular complexity index is 561. The van der Waals surface area contributed by atoms with Crippen LogP contribution in [0.4, 0.5) is 0 Å². The smallest absolute Gasteiger partial charge is 0.196 e. The van der Waals surface area contributed by atoms with Gasteiger partial charge in [0.1, 0.15) is 5.75 Å². The van der Waals surface area contributed by atoms with Crippen LogP contribution in [0.15, 0.2) is 35.9 Å². The molecule has 2 nitrogen and oxygen atoms in total. The molecule has 0 N–H and O–H groups in total. The fourth-order valence-corrected chi connectivity index (χ4v) is 3.48. The normalized spacial score (nSPS) is 15.0. The Morgan fingerprint density at radius 3 is 2.18 bits per heavy atom. The van der Waals surface area contributed by atoms with E-state index in [0.29, 0.717) is 5.92 Å². The zero-order valence-electron chi connectivity index (χ0n) is 19.7. The molecule has 0 saturated carbocycles. The molecule has 1 aromatic rings. The Morgan fingerprint density at radius 1 is 1.00 bits per heavy atom. The van der Waals surface area contributed by atoms with Gasteiger partial charge in [0.15, 0.2) is 6.29 Å². The molecule has 0 aliphatic carbocycles. The van der Waals surface area contributed by atoms with Gasteiger partial charge < -0.3 is 9.47 Å². The van der Waals surface area contributed by atoms with Gasteiger partial charge in [0.25, 0.3) is 0 Å². The van der Waals surface area contributed by atoms with Gasteiger partial charge in [-0.25, -0.2) is 0 Å². The lowest BCUT2D eigenvalue weighted by Crippen LogP contribution is -2.18. The fraction of sp³-hybridized carbons (Fsp3) is 0.692. The maximum Gasteiger partial charge on any atom is 0.196 e.